The lowest BCUT2D eigenvalue weighted by Gasteiger charge is -2.14. The zero-order valence-corrected chi connectivity index (χ0v) is 7.70. The minimum absolute atomic E-state index is 0.915. The van der Waals surface area contributed by atoms with E-state index in [0.29, 0.717) is 0 Å². The van der Waals surface area contributed by atoms with Crippen LogP contribution in [0.3, 0.4) is 0 Å². The summed E-state index contributed by atoms with van der Waals surface area (Å²) in [6.07, 6.45) is 6.12. The van der Waals surface area contributed by atoms with E-state index in [1.54, 1.807) is 0 Å². The number of anilines is 1. The largest absolute Gasteiger partial charge is 0.381 e. The summed E-state index contributed by atoms with van der Waals surface area (Å²) in [7, 11) is 0. The van der Waals surface area contributed by atoms with Gasteiger partial charge in [-0.15, -0.1) is 0 Å². The molecule has 1 aliphatic rings. The fourth-order valence-corrected chi connectivity index (χ4v) is 1.85. The van der Waals surface area contributed by atoms with Crippen LogP contribution in [0.15, 0.2) is 36.5 Å². The molecule has 0 spiro atoms. The van der Waals surface area contributed by atoms with Crippen LogP contribution in [-0.2, 0) is 0 Å². The van der Waals surface area contributed by atoms with Gasteiger partial charge in [-0.3, -0.25) is 4.98 Å². The number of fused-ring (bicyclic) bond motifs is 3. The maximum absolute atomic E-state index is 4.33. The normalized spacial score (nSPS) is 13.7. The minimum atomic E-state index is 0.915. The van der Waals surface area contributed by atoms with Crippen molar-refractivity contribution in [3.63, 3.8) is 0 Å². The molecule has 0 amide bonds. The maximum Gasteiger partial charge on any atom is 0.0709 e. The molecule has 1 aliphatic heterocycles. The van der Waals surface area contributed by atoms with E-state index < -0.39 is 0 Å². The average molecular weight is 182 g/mol. The molecule has 1 N–H and O–H groups in total. The van der Waals surface area contributed by atoms with E-state index in [0.717, 1.165) is 12.1 Å². The fourth-order valence-electron chi connectivity index (χ4n) is 1.85. The topological polar surface area (TPSA) is 24.9 Å². The van der Waals surface area contributed by atoms with Gasteiger partial charge in [-0.1, -0.05) is 18.2 Å². The van der Waals surface area contributed by atoms with Crippen molar-refractivity contribution >= 4 is 22.7 Å². The van der Waals surface area contributed by atoms with Gasteiger partial charge in [0.2, 0.25) is 0 Å². The smallest absolute Gasteiger partial charge is 0.0709 e. The zero-order chi connectivity index (χ0) is 9.38. The number of rotatable bonds is 0. The quantitative estimate of drug-likeness (QED) is 0.677. The predicted octanol–water partition coefficient (Wildman–Crippen LogP) is 2.67. The third kappa shape index (κ3) is 1.01. The van der Waals surface area contributed by atoms with Crippen LogP contribution in [0.5, 0.6) is 0 Å². The van der Waals surface area contributed by atoms with Crippen molar-refractivity contribution in [2.24, 2.45) is 0 Å². The van der Waals surface area contributed by atoms with Crippen LogP contribution < -0.4 is 5.32 Å². The van der Waals surface area contributed by atoms with Crippen molar-refractivity contribution in [1.29, 1.82) is 0 Å². The molecule has 0 saturated carbocycles. The van der Waals surface area contributed by atoms with Crippen molar-refractivity contribution in [2.45, 2.75) is 0 Å². The Morgan fingerprint density at radius 1 is 1.21 bits per heavy atom. The summed E-state index contributed by atoms with van der Waals surface area (Å²) in [6, 6.07) is 8.23. The highest BCUT2D eigenvalue weighted by Gasteiger charge is 2.07. The van der Waals surface area contributed by atoms with Crippen LogP contribution in [0.1, 0.15) is 5.56 Å². The molecule has 0 atom stereocenters. The molecular weight excluding hydrogens is 172 g/mol. The first-order valence-corrected chi connectivity index (χ1v) is 4.73. The Hall–Kier alpha value is -1.83. The number of aromatic nitrogens is 1. The number of pyridine rings is 1. The molecule has 3 rings (SSSR count). The number of hydrogen-bond donors (Lipinski definition) is 1. The second-order valence-corrected chi connectivity index (χ2v) is 3.38. The van der Waals surface area contributed by atoms with Crippen molar-refractivity contribution in [3.8, 4) is 0 Å². The molecule has 0 radical (unpaired) electrons. The number of nitrogens with one attached hydrogen (secondary N) is 1. The summed E-state index contributed by atoms with van der Waals surface area (Å²) in [4.78, 5) is 4.33. The Labute approximate surface area is 82.3 Å². The highest BCUT2D eigenvalue weighted by molar-refractivity contribution is 5.94. The first-order valence-electron chi connectivity index (χ1n) is 4.73. The van der Waals surface area contributed by atoms with E-state index >= 15 is 0 Å². The van der Waals surface area contributed by atoms with Gasteiger partial charge in [0, 0.05) is 29.4 Å². The van der Waals surface area contributed by atoms with Crippen LogP contribution in [-0.4, -0.2) is 11.5 Å². The average Bonchev–Trinajstić information content (AvgIpc) is 2.29. The molecule has 2 aromatic rings. The van der Waals surface area contributed by atoms with E-state index in [9.17, 15) is 0 Å². The van der Waals surface area contributed by atoms with E-state index in [2.05, 4.69) is 40.7 Å². The molecule has 0 saturated heterocycles. The van der Waals surface area contributed by atoms with E-state index in [4.69, 9.17) is 0 Å². The van der Waals surface area contributed by atoms with Crippen molar-refractivity contribution in [1.82, 2.24) is 4.98 Å². The summed E-state index contributed by atoms with van der Waals surface area (Å²) in [5.41, 5.74) is 3.51. The van der Waals surface area contributed by atoms with E-state index in [1.807, 2.05) is 12.3 Å². The Kier molecular flexibility index (Phi) is 1.53. The number of hydrogen-bond acceptors (Lipinski definition) is 2. The van der Waals surface area contributed by atoms with Crippen LogP contribution in [0.4, 0.5) is 5.69 Å². The van der Waals surface area contributed by atoms with E-state index in [-0.39, 0.29) is 0 Å². The van der Waals surface area contributed by atoms with Gasteiger partial charge >= 0.3 is 0 Å². The van der Waals surface area contributed by atoms with Gasteiger partial charge in [-0.05, 0) is 18.2 Å². The lowest BCUT2D eigenvalue weighted by molar-refractivity contribution is 1.31. The standard InChI is InChI=1S/C12H10N2/c1-3-9-10-4-2-8-14-12(10)6-5-11(9)13-7-1/h1-7,14H,8H2. The molecule has 2 nitrogen and oxygen atoms in total. The lowest BCUT2D eigenvalue weighted by Crippen LogP contribution is -2.04. The van der Waals surface area contributed by atoms with Crippen molar-refractivity contribution < 1.29 is 0 Å². The molecular formula is C12H10N2. The minimum Gasteiger partial charge on any atom is -0.381 e. The van der Waals surface area contributed by atoms with E-state index in [1.165, 1.54) is 16.6 Å². The summed E-state index contributed by atoms with van der Waals surface area (Å²) in [5.74, 6) is 0. The van der Waals surface area contributed by atoms with Crippen molar-refractivity contribution in [3.05, 3.63) is 42.1 Å². The highest BCUT2D eigenvalue weighted by atomic mass is 14.9. The molecule has 0 unspecified atom stereocenters. The summed E-state index contributed by atoms with van der Waals surface area (Å²) in [5, 5.41) is 4.56. The van der Waals surface area contributed by atoms with Gasteiger partial charge in [0.05, 0.1) is 5.52 Å². The van der Waals surface area contributed by atoms with Crippen LogP contribution in [0.25, 0.3) is 17.0 Å². The molecule has 0 fully saturated rings. The summed E-state index contributed by atoms with van der Waals surface area (Å²) < 4.78 is 0. The SMILES string of the molecule is C1=Cc2c(ccc3ncccc23)NC1. The van der Waals surface area contributed by atoms with Crippen LogP contribution >= 0.6 is 0 Å². The second kappa shape index (κ2) is 2.84. The third-order valence-electron chi connectivity index (χ3n) is 2.52. The lowest BCUT2D eigenvalue weighted by atomic mass is 10.0. The predicted molar refractivity (Wildman–Crippen MR) is 59.3 cm³/mol. The zero-order valence-electron chi connectivity index (χ0n) is 7.70. The Morgan fingerprint density at radius 3 is 3.21 bits per heavy atom. The van der Waals surface area contributed by atoms with Gasteiger partial charge in [0.1, 0.15) is 0 Å². The summed E-state index contributed by atoms with van der Waals surface area (Å²) >= 11 is 0. The highest BCUT2D eigenvalue weighted by Crippen LogP contribution is 2.27. The molecule has 68 valence electrons. The Balaban J connectivity index is 2.42. The number of nitrogens with zero attached hydrogens (tertiary/aromatic N) is 1. The molecule has 0 bridgehead atoms. The molecule has 1 aromatic carbocycles. The Bertz CT molecular complexity index is 515. The van der Waals surface area contributed by atoms with Crippen molar-refractivity contribution in [2.75, 3.05) is 11.9 Å². The monoisotopic (exact) mass is 182 g/mol. The second-order valence-electron chi connectivity index (χ2n) is 3.38. The summed E-state index contributed by atoms with van der Waals surface area (Å²) in [6.45, 7) is 0.915. The first-order chi connectivity index (χ1) is 6.95. The van der Waals surface area contributed by atoms with Gasteiger partial charge in [-0.2, -0.15) is 0 Å². The van der Waals surface area contributed by atoms with Gasteiger partial charge in [0.15, 0.2) is 0 Å². The number of benzene rings is 1. The first kappa shape index (κ1) is 7.56. The Morgan fingerprint density at radius 2 is 2.21 bits per heavy atom. The third-order valence-corrected chi connectivity index (χ3v) is 2.52. The van der Waals surface area contributed by atoms with Gasteiger partial charge in [0.25, 0.3) is 0 Å². The molecule has 2 heterocycles. The molecule has 0 aliphatic carbocycles. The molecule has 2 heteroatoms. The van der Waals surface area contributed by atoms with Gasteiger partial charge in [-0.25, -0.2) is 0 Å². The fraction of sp³-hybridized carbons (Fsp3) is 0.0833. The van der Waals surface area contributed by atoms with Gasteiger partial charge < -0.3 is 5.32 Å². The van der Waals surface area contributed by atoms with Crippen LogP contribution in [0, 0.1) is 0 Å². The maximum atomic E-state index is 4.33. The van der Waals surface area contributed by atoms with Crippen LogP contribution in [0.2, 0.25) is 0 Å². The molecule has 1 aromatic heterocycles. The molecule has 14 heavy (non-hydrogen) atoms.